The lowest BCUT2D eigenvalue weighted by atomic mass is 10.2. The predicted octanol–water partition coefficient (Wildman–Crippen LogP) is 5.46. The van der Waals surface area contributed by atoms with Crippen molar-refractivity contribution in [3.63, 3.8) is 0 Å². The number of ether oxygens (including phenoxy) is 3. The molecule has 39 heavy (non-hydrogen) atoms. The second-order valence-electron chi connectivity index (χ2n) is 10.4. The molecule has 1 fully saturated rings. The normalized spacial score (nSPS) is 14.2. The lowest BCUT2D eigenvalue weighted by molar-refractivity contribution is 0.0206. The summed E-state index contributed by atoms with van der Waals surface area (Å²) in [6.45, 7) is 13.8. The van der Waals surface area contributed by atoms with Gasteiger partial charge in [0, 0.05) is 39.3 Å². The summed E-state index contributed by atoms with van der Waals surface area (Å²) in [6.07, 6.45) is 4.78. The summed E-state index contributed by atoms with van der Waals surface area (Å²) in [5.74, 6) is 0.823. The molecule has 2 aromatic rings. The highest BCUT2D eigenvalue weighted by Gasteiger charge is 2.24. The molecular weight excluding hydrogens is 494 g/mol. The Morgan fingerprint density at radius 2 is 1.69 bits per heavy atom. The topological polar surface area (TPSA) is 71.6 Å². The number of hydrogen-bond donors (Lipinski definition) is 0. The van der Waals surface area contributed by atoms with Crippen LogP contribution in [0.4, 0.5) is 9.59 Å². The van der Waals surface area contributed by atoms with E-state index in [1.165, 1.54) is 5.56 Å². The standard InChI is InChI=1S/C31H41N3O5/c1-5-23-37-28-15-13-27(14-16-28)25-32-18-20-34(21-19-32)29(35)38-24-22-33(30(36)39-31(2,3)4)17-9-12-26-10-7-6-8-11-26/h5-16H,1,17-25H2,2-4H3/b12-9+. The summed E-state index contributed by atoms with van der Waals surface area (Å²) in [5, 5.41) is 0. The Morgan fingerprint density at radius 3 is 2.33 bits per heavy atom. The smallest absolute Gasteiger partial charge is 0.410 e. The SMILES string of the molecule is C=CCOc1ccc(CN2CCN(C(=O)OCCN(C/C=C/c3ccccc3)C(=O)OC(C)(C)C)CC2)cc1. The fourth-order valence-electron chi connectivity index (χ4n) is 3.99. The van der Waals surface area contributed by atoms with Gasteiger partial charge in [-0.05, 0) is 44.0 Å². The third kappa shape index (κ3) is 10.9. The molecule has 2 amide bonds. The maximum Gasteiger partial charge on any atom is 0.410 e. The highest BCUT2D eigenvalue weighted by molar-refractivity contribution is 5.69. The molecule has 1 aliphatic rings. The van der Waals surface area contributed by atoms with Crippen LogP contribution in [0.1, 0.15) is 31.9 Å². The van der Waals surface area contributed by atoms with Gasteiger partial charge in [-0.2, -0.15) is 0 Å². The first-order valence-corrected chi connectivity index (χ1v) is 13.4. The summed E-state index contributed by atoms with van der Waals surface area (Å²) >= 11 is 0. The van der Waals surface area contributed by atoms with Gasteiger partial charge in [-0.15, -0.1) is 0 Å². The van der Waals surface area contributed by atoms with Gasteiger partial charge < -0.3 is 24.0 Å². The molecule has 0 N–H and O–H groups in total. The minimum Gasteiger partial charge on any atom is -0.490 e. The van der Waals surface area contributed by atoms with E-state index in [0.29, 0.717) is 26.2 Å². The summed E-state index contributed by atoms with van der Waals surface area (Å²) in [4.78, 5) is 31.0. The van der Waals surface area contributed by atoms with Gasteiger partial charge in [0.05, 0.1) is 6.54 Å². The second kappa shape index (κ2) is 15.0. The van der Waals surface area contributed by atoms with Gasteiger partial charge in [0.2, 0.25) is 0 Å². The van der Waals surface area contributed by atoms with Crippen molar-refractivity contribution in [3.05, 3.63) is 84.5 Å². The third-order valence-electron chi connectivity index (χ3n) is 6.00. The Balaban J connectivity index is 1.43. The van der Waals surface area contributed by atoms with E-state index in [-0.39, 0.29) is 19.2 Å². The van der Waals surface area contributed by atoms with E-state index < -0.39 is 11.7 Å². The molecule has 3 rings (SSSR count). The molecule has 0 radical (unpaired) electrons. The first-order chi connectivity index (χ1) is 18.7. The molecule has 0 unspecified atom stereocenters. The fourth-order valence-corrected chi connectivity index (χ4v) is 3.99. The largest absolute Gasteiger partial charge is 0.490 e. The van der Waals surface area contributed by atoms with Crippen molar-refractivity contribution in [2.45, 2.75) is 32.9 Å². The van der Waals surface area contributed by atoms with Crippen LogP contribution in [-0.2, 0) is 16.0 Å². The molecule has 0 aliphatic carbocycles. The van der Waals surface area contributed by atoms with E-state index in [1.807, 2.05) is 75.4 Å². The minimum atomic E-state index is -0.615. The van der Waals surface area contributed by atoms with Gasteiger partial charge in [0.15, 0.2) is 0 Å². The molecule has 1 heterocycles. The van der Waals surface area contributed by atoms with E-state index in [0.717, 1.165) is 30.9 Å². The van der Waals surface area contributed by atoms with E-state index in [4.69, 9.17) is 14.2 Å². The van der Waals surface area contributed by atoms with Crippen LogP contribution >= 0.6 is 0 Å². The maximum atomic E-state index is 12.7. The van der Waals surface area contributed by atoms with Gasteiger partial charge in [0.25, 0.3) is 0 Å². The number of rotatable bonds is 11. The van der Waals surface area contributed by atoms with Crippen molar-refractivity contribution in [2.75, 3.05) is 52.5 Å². The van der Waals surface area contributed by atoms with Crippen molar-refractivity contribution in [2.24, 2.45) is 0 Å². The monoisotopic (exact) mass is 535 g/mol. The number of hydrogen-bond acceptors (Lipinski definition) is 6. The number of piperazine rings is 1. The van der Waals surface area contributed by atoms with Crippen LogP contribution in [0.25, 0.3) is 6.08 Å². The van der Waals surface area contributed by atoms with Gasteiger partial charge in [-0.3, -0.25) is 4.90 Å². The molecule has 1 saturated heterocycles. The van der Waals surface area contributed by atoms with Gasteiger partial charge >= 0.3 is 12.2 Å². The third-order valence-corrected chi connectivity index (χ3v) is 6.00. The minimum absolute atomic E-state index is 0.0950. The number of benzene rings is 2. The highest BCUT2D eigenvalue weighted by atomic mass is 16.6. The van der Waals surface area contributed by atoms with Gasteiger partial charge in [-0.25, -0.2) is 9.59 Å². The van der Waals surface area contributed by atoms with E-state index in [1.54, 1.807) is 15.9 Å². The number of carbonyl (C=O) groups excluding carboxylic acids is 2. The lowest BCUT2D eigenvalue weighted by Gasteiger charge is -2.34. The molecule has 0 atom stereocenters. The zero-order valence-corrected chi connectivity index (χ0v) is 23.4. The van der Waals surface area contributed by atoms with Crippen LogP contribution in [0.5, 0.6) is 5.75 Å². The average molecular weight is 536 g/mol. The Morgan fingerprint density at radius 1 is 1.00 bits per heavy atom. The molecule has 8 nitrogen and oxygen atoms in total. The molecule has 2 aromatic carbocycles. The van der Waals surface area contributed by atoms with E-state index in [2.05, 4.69) is 23.6 Å². The van der Waals surface area contributed by atoms with Crippen molar-refractivity contribution >= 4 is 18.3 Å². The Kier molecular flexibility index (Phi) is 11.4. The van der Waals surface area contributed by atoms with Crippen LogP contribution < -0.4 is 4.74 Å². The van der Waals surface area contributed by atoms with E-state index >= 15 is 0 Å². The Bertz CT molecular complexity index is 1070. The molecule has 0 aromatic heterocycles. The van der Waals surface area contributed by atoms with Crippen molar-refractivity contribution in [1.29, 1.82) is 0 Å². The van der Waals surface area contributed by atoms with Crippen LogP contribution in [-0.4, -0.2) is 85.0 Å². The maximum absolute atomic E-state index is 12.7. The number of nitrogens with zero attached hydrogens (tertiary/aromatic N) is 3. The van der Waals surface area contributed by atoms with Gasteiger partial charge in [-0.1, -0.05) is 67.3 Å². The number of carbonyl (C=O) groups is 2. The zero-order valence-electron chi connectivity index (χ0n) is 23.4. The predicted molar refractivity (Wildman–Crippen MR) is 154 cm³/mol. The summed E-state index contributed by atoms with van der Waals surface area (Å²) in [7, 11) is 0. The highest BCUT2D eigenvalue weighted by Crippen LogP contribution is 2.15. The van der Waals surface area contributed by atoms with Crippen LogP contribution in [0, 0.1) is 0 Å². The lowest BCUT2D eigenvalue weighted by Crippen LogP contribution is -2.48. The molecule has 1 aliphatic heterocycles. The number of amides is 2. The van der Waals surface area contributed by atoms with Gasteiger partial charge in [0.1, 0.15) is 24.6 Å². The van der Waals surface area contributed by atoms with Crippen molar-refractivity contribution < 1.29 is 23.8 Å². The molecule has 0 spiro atoms. The summed E-state index contributed by atoms with van der Waals surface area (Å²) in [5.41, 5.74) is 1.62. The molecule has 0 bridgehead atoms. The zero-order chi connectivity index (χ0) is 28.1. The second-order valence-corrected chi connectivity index (χ2v) is 10.4. The van der Waals surface area contributed by atoms with Crippen molar-refractivity contribution in [3.8, 4) is 5.75 Å². The molecule has 0 saturated carbocycles. The van der Waals surface area contributed by atoms with Crippen LogP contribution in [0.15, 0.2) is 73.3 Å². The van der Waals surface area contributed by atoms with Crippen molar-refractivity contribution in [1.82, 2.24) is 14.7 Å². The van der Waals surface area contributed by atoms with Crippen LogP contribution in [0.3, 0.4) is 0 Å². The van der Waals surface area contributed by atoms with Crippen LogP contribution in [0.2, 0.25) is 0 Å². The first-order valence-electron chi connectivity index (χ1n) is 13.4. The molecular formula is C31H41N3O5. The quantitative estimate of drug-likeness (QED) is 0.356. The molecule has 210 valence electrons. The molecule has 8 heteroatoms. The first kappa shape index (κ1) is 29.8. The fraction of sp³-hybridized carbons (Fsp3) is 0.419. The summed E-state index contributed by atoms with van der Waals surface area (Å²) < 4.78 is 16.6. The van der Waals surface area contributed by atoms with E-state index in [9.17, 15) is 9.59 Å². The Hall–Kier alpha value is -3.78. The Labute approximate surface area is 232 Å². The average Bonchev–Trinajstić information content (AvgIpc) is 2.92. The summed E-state index contributed by atoms with van der Waals surface area (Å²) in [6, 6.07) is 17.9.